The molecule has 0 saturated carbocycles. The smallest absolute Gasteiger partial charge is 0.335 e. The monoisotopic (exact) mass is 801 g/mol. The predicted molar refractivity (Wildman–Crippen MR) is 195 cm³/mol. The van der Waals surface area contributed by atoms with Crippen molar-refractivity contribution in [2.24, 2.45) is 0 Å². The predicted octanol–water partition coefficient (Wildman–Crippen LogP) is 5.14. The summed E-state index contributed by atoms with van der Waals surface area (Å²) in [6.07, 6.45) is 7.77. The molecule has 14 heteroatoms. The van der Waals surface area contributed by atoms with Gasteiger partial charge in [0.05, 0.1) is 11.3 Å². The van der Waals surface area contributed by atoms with Gasteiger partial charge in [-0.2, -0.15) is 0 Å². The van der Waals surface area contributed by atoms with Crippen molar-refractivity contribution in [3.8, 4) is 0 Å². The molecule has 3 fully saturated rings. The summed E-state index contributed by atoms with van der Waals surface area (Å²) >= 11 is 7.03. The highest BCUT2D eigenvalue weighted by molar-refractivity contribution is 9.11. The van der Waals surface area contributed by atoms with Gasteiger partial charge in [0.2, 0.25) is 5.91 Å². The topological polar surface area (TPSA) is 152 Å². The summed E-state index contributed by atoms with van der Waals surface area (Å²) < 4.78 is 1.45. The summed E-state index contributed by atoms with van der Waals surface area (Å²) in [7, 11) is 0. The molecule has 1 atom stereocenters. The van der Waals surface area contributed by atoms with Crippen LogP contribution in [0, 0.1) is 0 Å². The van der Waals surface area contributed by atoms with Crippen molar-refractivity contribution in [1.82, 2.24) is 24.9 Å². The van der Waals surface area contributed by atoms with E-state index in [4.69, 9.17) is 5.73 Å². The molecule has 0 aromatic heterocycles. The standard InChI is InChI=1S/C35H45Br2N7O5/c36-27-18-22(19-28(37)31(27)38)20-30(32(45)42-13-7-25(8-14-42)41-11-2-1-3-12-41)40-34(48)43-15-9-26(10-16-43)44-17-6-23-4-5-24(33(46)47)21-29(23)39-35(44)49/h4-5,18-19,21,25-26,30H,1-3,6-17,20,38H2,(H,39,49)(H,40,48)(H,46,47)/t30-/m1/s1. The van der Waals surface area contributed by atoms with E-state index in [-0.39, 0.29) is 29.6 Å². The molecule has 0 radical (unpaired) electrons. The zero-order valence-electron chi connectivity index (χ0n) is 27.6. The third-order valence-electron chi connectivity index (χ3n) is 10.5. The van der Waals surface area contributed by atoms with Crippen molar-refractivity contribution in [2.75, 3.05) is 56.9 Å². The highest BCUT2D eigenvalue weighted by Gasteiger charge is 2.35. The molecule has 4 aliphatic rings. The van der Waals surface area contributed by atoms with Gasteiger partial charge in [0.1, 0.15) is 6.04 Å². The maximum Gasteiger partial charge on any atom is 0.335 e. The maximum absolute atomic E-state index is 14.1. The summed E-state index contributed by atoms with van der Waals surface area (Å²) in [6, 6.07) is 7.74. The van der Waals surface area contributed by atoms with Crippen molar-refractivity contribution in [3.63, 3.8) is 0 Å². The number of anilines is 2. The Morgan fingerprint density at radius 2 is 1.51 bits per heavy atom. The number of nitrogens with two attached hydrogens (primary N) is 1. The van der Waals surface area contributed by atoms with E-state index in [1.807, 2.05) is 17.0 Å². The van der Waals surface area contributed by atoms with Crippen molar-refractivity contribution in [3.05, 3.63) is 56.0 Å². The number of aromatic carboxylic acids is 1. The average molecular weight is 804 g/mol. The summed E-state index contributed by atoms with van der Waals surface area (Å²) in [5, 5.41) is 15.3. The zero-order valence-corrected chi connectivity index (χ0v) is 30.8. The Morgan fingerprint density at radius 1 is 0.878 bits per heavy atom. The first-order valence-electron chi connectivity index (χ1n) is 17.3. The molecule has 0 unspecified atom stereocenters. The van der Waals surface area contributed by atoms with Crippen LogP contribution in [0.3, 0.4) is 0 Å². The van der Waals surface area contributed by atoms with Gasteiger partial charge in [-0.1, -0.05) is 12.5 Å². The number of carboxylic acids is 1. The van der Waals surface area contributed by atoms with E-state index in [1.165, 1.54) is 25.3 Å². The van der Waals surface area contributed by atoms with E-state index in [9.17, 15) is 24.3 Å². The number of carboxylic acid groups (broad SMARTS) is 1. The Bertz CT molecular complexity index is 1550. The summed E-state index contributed by atoms with van der Waals surface area (Å²) in [4.78, 5) is 60.5. The number of carbonyl (C=O) groups excluding carboxylic acids is 3. The van der Waals surface area contributed by atoms with Crippen LogP contribution in [0.4, 0.5) is 21.0 Å². The van der Waals surface area contributed by atoms with Crippen LogP contribution in [0.25, 0.3) is 0 Å². The Hall–Kier alpha value is -3.36. The van der Waals surface area contributed by atoms with Crippen LogP contribution in [0.2, 0.25) is 0 Å². The van der Waals surface area contributed by atoms with Gasteiger partial charge in [0, 0.05) is 65.9 Å². The molecular formula is C35H45Br2N7O5. The van der Waals surface area contributed by atoms with E-state index in [1.54, 1.807) is 21.9 Å². The number of nitrogens with one attached hydrogen (secondary N) is 2. The second-order valence-corrected chi connectivity index (χ2v) is 15.3. The fourth-order valence-corrected chi connectivity index (χ4v) is 8.97. The number of benzene rings is 2. The lowest BCUT2D eigenvalue weighted by molar-refractivity contribution is -0.135. The third kappa shape index (κ3) is 8.34. The fourth-order valence-electron chi connectivity index (χ4n) is 7.69. The van der Waals surface area contributed by atoms with Crippen LogP contribution >= 0.6 is 31.9 Å². The third-order valence-corrected chi connectivity index (χ3v) is 11.8. The zero-order chi connectivity index (χ0) is 34.7. The average Bonchev–Trinajstić information content (AvgIpc) is 3.28. The van der Waals surface area contributed by atoms with E-state index in [0.717, 1.165) is 46.0 Å². The Morgan fingerprint density at radius 3 is 2.16 bits per heavy atom. The van der Waals surface area contributed by atoms with Gasteiger partial charge < -0.3 is 41.1 Å². The minimum absolute atomic E-state index is 0.0691. The number of carbonyl (C=O) groups is 4. The number of hydrogen-bond acceptors (Lipinski definition) is 6. The molecule has 2 aromatic carbocycles. The van der Waals surface area contributed by atoms with Crippen LogP contribution in [0.5, 0.6) is 0 Å². The molecule has 5 amide bonds. The van der Waals surface area contributed by atoms with Crippen molar-refractivity contribution in [1.29, 1.82) is 0 Å². The number of nitrogens with zero attached hydrogens (tertiary/aromatic N) is 4. The summed E-state index contributed by atoms with van der Waals surface area (Å²) in [5.74, 6) is -1.12. The van der Waals surface area contributed by atoms with E-state index in [0.29, 0.717) is 75.8 Å². The summed E-state index contributed by atoms with van der Waals surface area (Å²) in [6.45, 7) is 5.00. The van der Waals surface area contributed by atoms with Crippen LogP contribution in [0.15, 0.2) is 39.3 Å². The van der Waals surface area contributed by atoms with Gasteiger partial charge in [-0.25, -0.2) is 14.4 Å². The normalized spacial score (nSPS) is 20.3. The molecule has 3 saturated heterocycles. The largest absolute Gasteiger partial charge is 0.478 e. The Kier molecular flexibility index (Phi) is 11.3. The molecule has 4 aliphatic heterocycles. The molecular weight excluding hydrogens is 758 g/mol. The SMILES string of the molecule is Nc1c(Br)cc(C[C@@H](NC(=O)N2CCC(N3CCc4ccc(C(=O)O)cc4NC3=O)CC2)C(=O)N2CCC(N3CCCCC3)CC2)cc1Br. The quantitative estimate of drug-likeness (QED) is 0.283. The molecule has 0 spiro atoms. The molecule has 12 nitrogen and oxygen atoms in total. The Balaban J connectivity index is 1.08. The number of amides is 5. The number of nitrogen functional groups attached to an aromatic ring is 1. The molecule has 0 aliphatic carbocycles. The molecule has 0 bridgehead atoms. The second-order valence-electron chi connectivity index (χ2n) is 13.6. The van der Waals surface area contributed by atoms with Crippen LogP contribution in [-0.4, -0.2) is 113 Å². The van der Waals surface area contributed by atoms with Crippen molar-refractivity contribution in [2.45, 2.75) is 75.9 Å². The van der Waals surface area contributed by atoms with Crippen LogP contribution < -0.4 is 16.4 Å². The van der Waals surface area contributed by atoms with Gasteiger partial charge in [-0.05, 0) is 125 Å². The van der Waals surface area contributed by atoms with Crippen LogP contribution in [0.1, 0.15) is 66.4 Å². The van der Waals surface area contributed by atoms with Crippen molar-refractivity contribution < 1.29 is 24.3 Å². The first kappa shape index (κ1) is 35.5. The van der Waals surface area contributed by atoms with Gasteiger partial charge in [0.15, 0.2) is 0 Å². The lowest BCUT2D eigenvalue weighted by Crippen LogP contribution is -2.57. The highest BCUT2D eigenvalue weighted by atomic mass is 79.9. The molecule has 5 N–H and O–H groups in total. The first-order valence-corrected chi connectivity index (χ1v) is 18.9. The second kappa shape index (κ2) is 15.7. The van der Waals surface area contributed by atoms with Gasteiger partial charge in [0.25, 0.3) is 0 Å². The molecule has 4 heterocycles. The number of likely N-dealkylation sites (tertiary alicyclic amines) is 3. The van der Waals surface area contributed by atoms with Crippen molar-refractivity contribution >= 4 is 67.2 Å². The molecule has 49 heavy (non-hydrogen) atoms. The van der Waals surface area contributed by atoms with E-state index < -0.39 is 12.0 Å². The number of piperidine rings is 3. The lowest BCUT2D eigenvalue weighted by Gasteiger charge is -2.41. The minimum Gasteiger partial charge on any atom is -0.478 e. The maximum atomic E-state index is 14.1. The number of fused-ring (bicyclic) bond motifs is 1. The van der Waals surface area contributed by atoms with Gasteiger partial charge in [-0.3, -0.25) is 4.79 Å². The molecule has 6 rings (SSSR count). The number of halogens is 2. The molecule has 2 aromatic rings. The van der Waals surface area contributed by atoms with E-state index in [2.05, 4.69) is 47.4 Å². The van der Waals surface area contributed by atoms with Crippen LogP contribution in [-0.2, 0) is 17.6 Å². The van der Waals surface area contributed by atoms with Gasteiger partial charge in [-0.15, -0.1) is 0 Å². The van der Waals surface area contributed by atoms with Gasteiger partial charge >= 0.3 is 18.0 Å². The van der Waals surface area contributed by atoms with E-state index >= 15 is 0 Å². The number of urea groups is 2. The number of hydrogen-bond donors (Lipinski definition) is 4. The molecule has 264 valence electrons. The first-order chi connectivity index (χ1) is 23.6. The highest BCUT2D eigenvalue weighted by Crippen LogP contribution is 2.31. The number of rotatable bonds is 7. The lowest BCUT2D eigenvalue weighted by atomic mass is 9.98. The summed E-state index contributed by atoms with van der Waals surface area (Å²) in [5.41, 5.74) is 9.12. The minimum atomic E-state index is -1.04. The Labute approximate surface area is 304 Å². The fraction of sp³-hybridized carbons (Fsp3) is 0.543.